The number of allylic oxidation sites excluding steroid dienone is 24. The van der Waals surface area contributed by atoms with Gasteiger partial charge in [0.1, 0.15) is 25.4 Å². The third-order valence-corrected chi connectivity index (χ3v) is 16.9. The van der Waals surface area contributed by atoms with Crippen molar-refractivity contribution in [3.05, 3.63) is 146 Å². The second kappa shape index (κ2) is 71.3. The van der Waals surface area contributed by atoms with E-state index in [-0.39, 0.29) is 19.3 Å². The van der Waals surface area contributed by atoms with Gasteiger partial charge in [-0.05, 0) is 141 Å². The number of hydrogen-bond acceptors (Lipinski definition) is 14. The fourth-order valence-electron chi connectivity index (χ4n) is 9.36. The van der Waals surface area contributed by atoms with Gasteiger partial charge in [0.05, 0.1) is 26.4 Å². The summed E-state index contributed by atoms with van der Waals surface area (Å²) in [5, 5.41) is 20.6. The fourth-order valence-corrected chi connectivity index (χ4v) is 10.9. The lowest BCUT2D eigenvalue weighted by Gasteiger charge is -2.21. The van der Waals surface area contributed by atoms with E-state index in [1.165, 1.54) is 70.6 Å². The molecule has 0 aliphatic heterocycles. The molecule has 0 aliphatic rings. The van der Waals surface area contributed by atoms with Crippen molar-refractivity contribution >= 4 is 33.6 Å². The summed E-state index contributed by atoms with van der Waals surface area (Å²) in [4.78, 5) is 58.5. The molecule has 0 fully saturated rings. The Bertz CT molecular complexity index is 2350. The lowest BCUT2D eigenvalue weighted by molar-refractivity contribution is -0.161. The van der Waals surface area contributed by atoms with Crippen LogP contribution in [0.1, 0.15) is 278 Å². The van der Waals surface area contributed by atoms with Crippen LogP contribution in [0, 0.1) is 0 Å². The van der Waals surface area contributed by atoms with E-state index in [0.717, 1.165) is 148 Å². The van der Waals surface area contributed by atoms with Crippen LogP contribution < -0.4 is 0 Å². The second-order valence-corrected chi connectivity index (χ2v) is 27.3. The Morgan fingerprint density at radius 1 is 0.299 bits per heavy atom. The lowest BCUT2D eigenvalue weighted by Crippen LogP contribution is -2.30. The van der Waals surface area contributed by atoms with Gasteiger partial charge in [-0.1, -0.05) is 263 Å². The molecule has 4 N–H and O–H groups in total. The van der Waals surface area contributed by atoms with Gasteiger partial charge in [-0.2, -0.15) is 0 Å². The molecule has 0 rings (SSSR count). The Labute approximate surface area is 587 Å². The zero-order valence-electron chi connectivity index (χ0n) is 60.2. The normalized spacial score (nSPS) is 14.9. The molecule has 0 radical (unpaired) electrons. The number of hydrogen-bond donors (Lipinski definition) is 4. The number of carbonyl (C=O) groups is 3. The SMILES string of the molecule is CC/C=C\C/C=C\C/C=C\C/C=C\C/C=C\C/C=C\CCCCC(=O)OCC(COP(=O)(O)OCC(O)COP(=O)(O)OCC(O)COC(=O)CCCCCCCCCCCCC/C=C\C/C=C\C/C=C\C/C=C\CCCCC)OC(=O)CCCCCCC/C=C\C/C=C\CCC. The van der Waals surface area contributed by atoms with E-state index in [4.69, 9.17) is 32.3 Å². The largest absolute Gasteiger partial charge is 0.472 e. The van der Waals surface area contributed by atoms with Gasteiger partial charge in [0.25, 0.3) is 0 Å². The number of esters is 3. The molecule has 18 heteroatoms. The Kier molecular flexibility index (Phi) is 67.9. The van der Waals surface area contributed by atoms with Crippen LogP contribution >= 0.6 is 15.6 Å². The summed E-state index contributed by atoms with van der Waals surface area (Å²) in [6, 6.07) is 0. The molecular weight excluding hydrogens is 1270 g/mol. The van der Waals surface area contributed by atoms with E-state index in [1.54, 1.807) is 0 Å². The number of ether oxygens (including phenoxy) is 3. The van der Waals surface area contributed by atoms with Gasteiger partial charge < -0.3 is 34.2 Å². The summed E-state index contributed by atoms with van der Waals surface area (Å²) in [6.07, 6.45) is 86.2. The van der Waals surface area contributed by atoms with E-state index in [9.17, 15) is 43.5 Å². The van der Waals surface area contributed by atoms with Crippen molar-refractivity contribution in [1.82, 2.24) is 0 Å². The molecule has 0 amide bonds. The Hall–Kier alpha value is -4.57. The first-order chi connectivity index (χ1) is 47.2. The number of rotatable bonds is 69. The van der Waals surface area contributed by atoms with Crippen molar-refractivity contribution in [2.75, 3.05) is 39.6 Å². The number of carbonyl (C=O) groups excluding carboxylic acids is 3. The van der Waals surface area contributed by atoms with Gasteiger partial charge in [0.2, 0.25) is 0 Å². The van der Waals surface area contributed by atoms with E-state index in [2.05, 4.69) is 167 Å². The molecule has 0 bridgehead atoms. The molecule has 5 unspecified atom stereocenters. The predicted octanol–water partition coefficient (Wildman–Crippen LogP) is 21.3. The third-order valence-electron chi connectivity index (χ3n) is 15.0. The molecule has 0 aliphatic carbocycles. The molecule has 0 aromatic carbocycles. The minimum Gasteiger partial charge on any atom is -0.463 e. The van der Waals surface area contributed by atoms with Crippen LogP contribution in [-0.4, -0.2) is 95.9 Å². The first-order valence-electron chi connectivity index (χ1n) is 37.1. The summed E-state index contributed by atoms with van der Waals surface area (Å²) in [7, 11) is -9.81. The molecule has 554 valence electrons. The van der Waals surface area contributed by atoms with Crippen LogP contribution in [0.15, 0.2) is 146 Å². The molecule has 0 spiro atoms. The maximum absolute atomic E-state index is 12.9. The van der Waals surface area contributed by atoms with Gasteiger partial charge in [0.15, 0.2) is 6.10 Å². The van der Waals surface area contributed by atoms with Crippen LogP contribution in [0.2, 0.25) is 0 Å². The van der Waals surface area contributed by atoms with Gasteiger partial charge in [-0.15, -0.1) is 0 Å². The maximum Gasteiger partial charge on any atom is 0.472 e. The van der Waals surface area contributed by atoms with E-state index < -0.39 is 91.5 Å². The zero-order chi connectivity index (χ0) is 70.9. The van der Waals surface area contributed by atoms with Crippen molar-refractivity contribution in [3.63, 3.8) is 0 Å². The van der Waals surface area contributed by atoms with Crippen LogP contribution in [0.25, 0.3) is 0 Å². The highest BCUT2D eigenvalue weighted by atomic mass is 31.2. The van der Waals surface area contributed by atoms with Gasteiger partial charge in [-0.3, -0.25) is 32.5 Å². The first kappa shape index (κ1) is 92.4. The standard InChI is InChI=1S/C79H132O16P2/c1-4-7-10-13-16-19-22-25-27-29-31-33-34-35-36-37-38-40-42-43-45-48-50-53-56-59-62-65-77(82)89-68-74(80)69-91-96(85,86)92-70-75(81)71-93-97(87,88)94-73-76(95-79(84)67-64-61-58-55-52-47-24-21-18-15-12-9-6-3)72-90-78(83)66-63-60-57-54-51-49-46-44-41-39-32-30-28-26-23-20-17-14-11-8-5-2/h8,11-12,15-17,19-21,24-28,31-33,35-36,39,44,46,51,54,74-76,80-81H,4-7,9-10,13-14,18,22-23,29-30,34,37-38,40-43,45,47-50,52-53,55-73H2,1-3H3,(H,85,86)(H,87,88)/b11-8-,15-12-,19-16-,20-17-,24-21-,27-25-,28-26-,33-31-,36-35-,39-32-,46-44-,54-51-. The number of aliphatic hydroxyl groups is 2. The third kappa shape index (κ3) is 72.5. The van der Waals surface area contributed by atoms with Crippen LogP contribution in [0.4, 0.5) is 0 Å². The zero-order valence-corrected chi connectivity index (χ0v) is 62.0. The second-order valence-electron chi connectivity index (χ2n) is 24.4. The van der Waals surface area contributed by atoms with E-state index in [1.807, 2.05) is 0 Å². The average molecular weight is 1400 g/mol. The number of aliphatic hydroxyl groups excluding tert-OH is 2. The van der Waals surface area contributed by atoms with Crippen LogP contribution in [-0.2, 0) is 55.8 Å². The van der Waals surface area contributed by atoms with Gasteiger partial charge in [-0.25, -0.2) is 9.13 Å². The van der Waals surface area contributed by atoms with Crippen molar-refractivity contribution in [3.8, 4) is 0 Å². The van der Waals surface area contributed by atoms with Crippen molar-refractivity contribution in [2.24, 2.45) is 0 Å². The molecular formula is C79H132O16P2. The number of unbranched alkanes of at least 4 members (excludes halogenated alkanes) is 22. The molecule has 16 nitrogen and oxygen atoms in total. The lowest BCUT2D eigenvalue weighted by atomic mass is 10.0. The molecule has 0 aromatic heterocycles. The number of phosphoric ester groups is 2. The van der Waals surface area contributed by atoms with Crippen LogP contribution in [0.5, 0.6) is 0 Å². The summed E-state index contributed by atoms with van der Waals surface area (Å²) >= 11 is 0. The molecule has 0 saturated carbocycles. The summed E-state index contributed by atoms with van der Waals surface area (Å²) < 4.78 is 60.9. The summed E-state index contributed by atoms with van der Waals surface area (Å²) in [6.45, 7) is 2.38. The minimum absolute atomic E-state index is 0.0737. The first-order valence-corrected chi connectivity index (χ1v) is 40.1. The monoisotopic (exact) mass is 1400 g/mol. The van der Waals surface area contributed by atoms with Crippen molar-refractivity contribution < 1.29 is 75.8 Å². The highest BCUT2D eigenvalue weighted by molar-refractivity contribution is 7.47. The molecule has 0 heterocycles. The Balaban J connectivity index is 4.59. The average Bonchev–Trinajstić information content (AvgIpc) is 2.14. The van der Waals surface area contributed by atoms with E-state index in [0.29, 0.717) is 19.3 Å². The summed E-state index contributed by atoms with van der Waals surface area (Å²) in [5.74, 6) is -1.65. The van der Waals surface area contributed by atoms with Crippen molar-refractivity contribution in [2.45, 2.75) is 296 Å². The Morgan fingerprint density at radius 3 is 0.928 bits per heavy atom. The molecule has 97 heavy (non-hydrogen) atoms. The molecule has 0 saturated heterocycles. The highest BCUT2D eigenvalue weighted by Gasteiger charge is 2.29. The molecule has 0 aromatic rings. The van der Waals surface area contributed by atoms with E-state index >= 15 is 0 Å². The smallest absolute Gasteiger partial charge is 0.463 e. The summed E-state index contributed by atoms with van der Waals surface area (Å²) in [5.41, 5.74) is 0. The topological polar surface area (TPSA) is 231 Å². The fraction of sp³-hybridized carbons (Fsp3) is 0.658. The Morgan fingerprint density at radius 2 is 0.567 bits per heavy atom. The maximum atomic E-state index is 12.9. The highest BCUT2D eigenvalue weighted by Crippen LogP contribution is 2.45. The quantitative estimate of drug-likeness (QED) is 0.0146. The molecule has 5 atom stereocenters. The van der Waals surface area contributed by atoms with Crippen LogP contribution in [0.3, 0.4) is 0 Å². The van der Waals surface area contributed by atoms with Crippen molar-refractivity contribution in [1.29, 1.82) is 0 Å². The van der Waals surface area contributed by atoms with Gasteiger partial charge >= 0.3 is 33.6 Å². The predicted molar refractivity (Wildman–Crippen MR) is 399 cm³/mol. The minimum atomic E-state index is -4.94. The number of phosphoric acid groups is 2. The van der Waals surface area contributed by atoms with Gasteiger partial charge in [0, 0.05) is 19.3 Å².